The minimum atomic E-state index is -0.355. The summed E-state index contributed by atoms with van der Waals surface area (Å²) in [7, 11) is 0. The van der Waals surface area contributed by atoms with Gasteiger partial charge in [-0.3, -0.25) is 9.89 Å². The average Bonchev–Trinajstić information content (AvgIpc) is 3.03. The molecule has 1 heterocycles. The maximum absolute atomic E-state index is 12.3. The standard InChI is InChI=1S/C13H12BrN3O/c14-10-3-1-9(2-4-10)13(6-7-13)12(18)16-11-5-8-15-17-11/h1-5,8H,6-7H2,(H2,15,16,17,18). The summed E-state index contributed by atoms with van der Waals surface area (Å²) in [5.41, 5.74) is 0.717. The number of aromatic amines is 1. The van der Waals surface area contributed by atoms with Gasteiger partial charge in [-0.05, 0) is 30.5 Å². The SMILES string of the molecule is O=C(Nc1ccn[nH]1)C1(c2ccc(Br)cc2)CC1. The van der Waals surface area contributed by atoms with E-state index >= 15 is 0 Å². The Hall–Kier alpha value is -1.62. The van der Waals surface area contributed by atoms with Crippen LogP contribution in [0.5, 0.6) is 0 Å². The molecule has 1 aromatic carbocycles. The van der Waals surface area contributed by atoms with E-state index in [4.69, 9.17) is 0 Å². The number of halogens is 1. The first-order valence-electron chi connectivity index (χ1n) is 5.78. The third-order valence-electron chi connectivity index (χ3n) is 3.33. The highest BCUT2D eigenvalue weighted by molar-refractivity contribution is 9.10. The van der Waals surface area contributed by atoms with Crippen LogP contribution in [0, 0.1) is 0 Å². The minimum Gasteiger partial charge on any atom is -0.310 e. The number of anilines is 1. The lowest BCUT2D eigenvalue weighted by Gasteiger charge is -2.14. The topological polar surface area (TPSA) is 57.8 Å². The Morgan fingerprint density at radius 2 is 2.00 bits per heavy atom. The Morgan fingerprint density at radius 1 is 1.28 bits per heavy atom. The summed E-state index contributed by atoms with van der Waals surface area (Å²) in [5, 5.41) is 9.42. The van der Waals surface area contributed by atoms with Crippen molar-refractivity contribution in [1.82, 2.24) is 10.2 Å². The lowest BCUT2D eigenvalue weighted by Crippen LogP contribution is -2.27. The molecule has 2 aromatic rings. The Morgan fingerprint density at radius 3 is 2.56 bits per heavy atom. The molecule has 4 nitrogen and oxygen atoms in total. The van der Waals surface area contributed by atoms with Crippen molar-refractivity contribution in [2.24, 2.45) is 0 Å². The number of H-pyrrole nitrogens is 1. The van der Waals surface area contributed by atoms with E-state index in [2.05, 4.69) is 31.4 Å². The highest BCUT2D eigenvalue weighted by atomic mass is 79.9. The van der Waals surface area contributed by atoms with Gasteiger partial charge in [0.2, 0.25) is 5.91 Å². The summed E-state index contributed by atoms with van der Waals surface area (Å²) in [5.74, 6) is 0.678. The second-order valence-corrected chi connectivity index (χ2v) is 5.43. The van der Waals surface area contributed by atoms with Gasteiger partial charge in [0, 0.05) is 10.5 Å². The van der Waals surface area contributed by atoms with Gasteiger partial charge in [-0.25, -0.2) is 0 Å². The van der Waals surface area contributed by atoms with Crippen molar-refractivity contribution in [3.05, 3.63) is 46.6 Å². The predicted molar refractivity (Wildman–Crippen MR) is 72.3 cm³/mol. The fourth-order valence-corrected chi connectivity index (χ4v) is 2.37. The molecule has 2 N–H and O–H groups in total. The number of rotatable bonds is 3. The molecule has 18 heavy (non-hydrogen) atoms. The molecule has 5 heteroatoms. The zero-order valence-electron chi connectivity index (χ0n) is 9.61. The van der Waals surface area contributed by atoms with E-state index in [1.54, 1.807) is 12.3 Å². The molecule has 1 amide bonds. The number of benzene rings is 1. The molecule has 0 bridgehead atoms. The molecule has 0 unspecified atom stereocenters. The normalized spacial score (nSPS) is 16.3. The van der Waals surface area contributed by atoms with Gasteiger partial charge >= 0.3 is 0 Å². The molecule has 0 spiro atoms. The molecule has 0 aliphatic heterocycles. The van der Waals surface area contributed by atoms with Gasteiger partial charge in [-0.1, -0.05) is 28.1 Å². The zero-order chi connectivity index (χ0) is 12.6. The van der Waals surface area contributed by atoms with Crippen molar-refractivity contribution >= 4 is 27.7 Å². The van der Waals surface area contributed by atoms with Crippen LogP contribution in [0.3, 0.4) is 0 Å². The van der Waals surface area contributed by atoms with Gasteiger partial charge in [0.05, 0.1) is 11.6 Å². The second kappa shape index (κ2) is 4.24. The Balaban J connectivity index is 1.82. The lowest BCUT2D eigenvalue weighted by atomic mass is 9.95. The fourth-order valence-electron chi connectivity index (χ4n) is 2.11. The van der Waals surface area contributed by atoms with Crippen molar-refractivity contribution in [2.75, 3.05) is 5.32 Å². The van der Waals surface area contributed by atoms with Gasteiger partial charge in [0.15, 0.2) is 0 Å². The van der Waals surface area contributed by atoms with E-state index in [0.717, 1.165) is 22.9 Å². The van der Waals surface area contributed by atoms with E-state index in [9.17, 15) is 4.79 Å². The van der Waals surface area contributed by atoms with Crippen molar-refractivity contribution in [3.63, 3.8) is 0 Å². The van der Waals surface area contributed by atoms with Gasteiger partial charge in [0.1, 0.15) is 5.82 Å². The number of amides is 1. The zero-order valence-corrected chi connectivity index (χ0v) is 11.2. The summed E-state index contributed by atoms with van der Waals surface area (Å²) in [6.07, 6.45) is 3.41. The van der Waals surface area contributed by atoms with Gasteiger partial charge in [0.25, 0.3) is 0 Å². The van der Waals surface area contributed by atoms with Gasteiger partial charge < -0.3 is 5.32 Å². The molecule has 3 rings (SSSR count). The number of hydrogen-bond donors (Lipinski definition) is 2. The molecule has 92 valence electrons. The molecule has 1 aliphatic rings. The van der Waals surface area contributed by atoms with Crippen molar-refractivity contribution in [1.29, 1.82) is 0 Å². The first-order valence-corrected chi connectivity index (χ1v) is 6.57. The van der Waals surface area contributed by atoms with Crippen LogP contribution < -0.4 is 5.32 Å². The molecular formula is C13H12BrN3O. The monoisotopic (exact) mass is 305 g/mol. The molecule has 0 atom stereocenters. The number of nitrogens with zero attached hydrogens (tertiary/aromatic N) is 1. The lowest BCUT2D eigenvalue weighted by molar-refractivity contribution is -0.118. The van der Waals surface area contributed by atoms with E-state index in [0.29, 0.717) is 5.82 Å². The summed E-state index contributed by atoms with van der Waals surface area (Å²) in [6, 6.07) is 9.70. The highest BCUT2D eigenvalue weighted by Crippen LogP contribution is 2.49. The Kier molecular flexibility index (Phi) is 2.70. The number of carbonyl (C=O) groups excluding carboxylic acids is 1. The average molecular weight is 306 g/mol. The van der Waals surface area contributed by atoms with Gasteiger partial charge in [-0.2, -0.15) is 5.10 Å². The molecule has 1 fully saturated rings. The van der Waals surface area contributed by atoms with Crippen LogP contribution in [0.4, 0.5) is 5.82 Å². The minimum absolute atomic E-state index is 0.0362. The van der Waals surface area contributed by atoms with E-state index in [1.807, 2.05) is 24.3 Å². The summed E-state index contributed by atoms with van der Waals surface area (Å²) >= 11 is 3.40. The maximum Gasteiger partial charge on any atom is 0.236 e. The van der Waals surface area contributed by atoms with Crippen molar-refractivity contribution < 1.29 is 4.79 Å². The van der Waals surface area contributed by atoms with Crippen molar-refractivity contribution in [3.8, 4) is 0 Å². The quantitative estimate of drug-likeness (QED) is 0.916. The smallest absolute Gasteiger partial charge is 0.236 e. The second-order valence-electron chi connectivity index (χ2n) is 4.51. The number of nitrogens with one attached hydrogen (secondary N) is 2. The number of hydrogen-bond acceptors (Lipinski definition) is 2. The van der Waals surface area contributed by atoms with Crippen LogP contribution >= 0.6 is 15.9 Å². The Bertz CT molecular complexity index is 558. The summed E-state index contributed by atoms with van der Waals surface area (Å²) in [6.45, 7) is 0. The molecule has 1 aliphatic carbocycles. The first kappa shape index (κ1) is 11.5. The van der Waals surface area contributed by atoms with Gasteiger partial charge in [-0.15, -0.1) is 0 Å². The maximum atomic E-state index is 12.3. The van der Waals surface area contributed by atoms with E-state index in [1.165, 1.54) is 0 Å². The van der Waals surface area contributed by atoms with Crippen LogP contribution in [0.1, 0.15) is 18.4 Å². The fraction of sp³-hybridized carbons (Fsp3) is 0.231. The molecule has 0 saturated heterocycles. The van der Waals surface area contributed by atoms with E-state index in [-0.39, 0.29) is 11.3 Å². The Labute approximate surface area is 113 Å². The molecular weight excluding hydrogens is 294 g/mol. The largest absolute Gasteiger partial charge is 0.310 e. The third-order valence-corrected chi connectivity index (χ3v) is 3.86. The van der Waals surface area contributed by atoms with Crippen LogP contribution in [-0.2, 0) is 10.2 Å². The van der Waals surface area contributed by atoms with Crippen LogP contribution in [-0.4, -0.2) is 16.1 Å². The van der Waals surface area contributed by atoms with E-state index < -0.39 is 0 Å². The van der Waals surface area contributed by atoms with Crippen LogP contribution in [0.15, 0.2) is 41.0 Å². The summed E-state index contributed by atoms with van der Waals surface area (Å²) in [4.78, 5) is 12.3. The molecule has 1 aromatic heterocycles. The van der Waals surface area contributed by atoms with Crippen molar-refractivity contribution in [2.45, 2.75) is 18.3 Å². The predicted octanol–water partition coefficient (Wildman–Crippen LogP) is 2.84. The number of aromatic nitrogens is 2. The highest BCUT2D eigenvalue weighted by Gasteiger charge is 2.51. The van der Waals surface area contributed by atoms with Crippen LogP contribution in [0.2, 0.25) is 0 Å². The first-order chi connectivity index (χ1) is 8.71. The number of carbonyl (C=O) groups is 1. The molecule has 0 radical (unpaired) electrons. The van der Waals surface area contributed by atoms with Crippen LogP contribution in [0.25, 0.3) is 0 Å². The molecule has 1 saturated carbocycles. The summed E-state index contributed by atoms with van der Waals surface area (Å²) < 4.78 is 1.02. The third kappa shape index (κ3) is 1.95.